The number of hydrogen-bond acceptors (Lipinski definition) is 1. The minimum Gasteiger partial charge on any atom is -0.381 e. The largest absolute Gasteiger partial charge is 0.381 e. The van der Waals surface area contributed by atoms with E-state index < -0.39 is 0 Å². The summed E-state index contributed by atoms with van der Waals surface area (Å²) in [6.45, 7) is 3.73. The van der Waals surface area contributed by atoms with Crippen LogP contribution in [-0.4, -0.2) is 23.9 Å². The smallest absolute Gasteiger partial charge is 0.0502 e. The van der Waals surface area contributed by atoms with Crippen LogP contribution in [0.15, 0.2) is 0 Å². The zero-order chi connectivity index (χ0) is 7.82. The number of alkyl halides is 2. The highest BCUT2D eigenvalue weighted by atomic mass is 79.9. The standard InChI is InChI=1S/C7H14Br2O/c1-2-10-6-7(5-9)3-4-8/h7H,2-6H2,1H3/t7-/m0/s1. The van der Waals surface area contributed by atoms with Crippen molar-refractivity contribution in [1.82, 2.24) is 0 Å². The number of halogens is 2. The first-order valence-corrected chi connectivity index (χ1v) is 5.79. The summed E-state index contributed by atoms with van der Waals surface area (Å²) in [7, 11) is 0. The molecule has 0 N–H and O–H groups in total. The molecule has 0 aromatic heterocycles. The Morgan fingerprint density at radius 2 is 2.10 bits per heavy atom. The van der Waals surface area contributed by atoms with Crippen LogP contribution in [0.25, 0.3) is 0 Å². The normalized spacial score (nSPS) is 13.5. The van der Waals surface area contributed by atoms with Crippen LogP contribution in [0.5, 0.6) is 0 Å². The van der Waals surface area contributed by atoms with Gasteiger partial charge < -0.3 is 4.74 Å². The highest BCUT2D eigenvalue weighted by Crippen LogP contribution is 2.09. The molecule has 3 heteroatoms. The number of ether oxygens (including phenoxy) is 1. The van der Waals surface area contributed by atoms with Gasteiger partial charge in [0.1, 0.15) is 0 Å². The highest BCUT2D eigenvalue weighted by molar-refractivity contribution is 9.09. The molecular formula is C7H14Br2O. The molecule has 0 fully saturated rings. The lowest BCUT2D eigenvalue weighted by Gasteiger charge is -2.10. The third-order valence-electron chi connectivity index (χ3n) is 1.29. The Morgan fingerprint density at radius 3 is 2.50 bits per heavy atom. The lowest BCUT2D eigenvalue weighted by Crippen LogP contribution is -2.11. The maximum atomic E-state index is 5.29. The van der Waals surface area contributed by atoms with Crippen LogP contribution in [0.1, 0.15) is 13.3 Å². The maximum Gasteiger partial charge on any atom is 0.0502 e. The second-order valence-corrected chi connectivity index (χ2v) is 3.60. The van der Waals surface area contributed by atoms with Crippen LogP contribution in [0.2, 0.25) is 0 Å². The number of rotatable bonds is 6. The SMILES string of the molecule is CCOC[C@H](CBr)CCBr. The van der Waals surface area contributed by atoms with E-state index in [9.17, 15) is 0 Å². The molecule has 10 heavy (non-hydrogen) atoms. The van der Waals surface area contributed by atoms with Crippen molar-refractivity contribution >= 4 is 31.9 Å². The van der Waals surface area contributed by atoms with E-state index >= 15 is 0 Å². The molecule has 0 amide bonds. The van der Waals surface area contributed by atoms with E-state index in [0.29, 0.717) is 5.92 Å². The van der Waals surface area contributed by atoms with Crippen LogP contribution >= 0.6 is 31.9 Å². The van der Waals surface area contributed by atoms with Gasteiger partial charge in [0.05, 0.1) is 6.61 Å². The lowest BCUT2D eigenvalue weighted by molar-refractivity contribution is 0.117. The minimum absolute atomic E-state index is 0.666. The molecule has 0 aromatic carbocycles. The minimum atomic E-state index is 0.666. The van der Waals surface area contributed by atoms with Gasteiger partial charge in [-0.05, 0) is 19.3 Å². The van der Waals surface area contributed by atoms with Gasteiger partial charge in [0.25, 0.3) is 0 Å². The summed E-state index contributed by atoms with van der Waals surface area (Å²) in [5.74, 6) is 0.666. The fourth-order valence-electron chi connectivity index (χ4n) is 0.644. The fraction of sp³-hybridized carbons (Fsp3) is 1.00. The van der Waals surface area contributed by atoms with E-state index in [0.717, 1.165) is 23.9 Å². The molecule has 0 rings (SSSR count). The predicted molar refractivity (Wildman–Crippen MR) is 52.2 cm³/mol. The molecule has 0 aromatic rings. The average molecular weight is 274 g/mol. The molecule has 0 bridgehead atoms. The highest BCUT2D eigenvalue weighted by Gasteiger charge is 2.04. The molecule has 1 nitrogen and oxygen atoms in total. The molecule has 0 saturated carbocycles. The van der Waals surface area contributed by atoms with Crippen molar-refractivity contribution < 1.29 is 4.74 Å². The average Bonchev–Trinajstić information content (AvgIpc) is 1.98. The van der Waals surface area contributed by atoms with E-state index in [1.807, 2.05) is 6.92 Å². The van der Waals surface area contributed by atoms with Crippen molar-refractivity contribution in [2.24, 2.45) is 5.92 Å². The molecule has 0 unspecified atom stereocenters. The Hall–Kier alpha value is 0.920. The second-order valence-electron chi connectivity index (χ2n) is 2.16. The summed E-state index contributed by atoms with van der Waals surface area (Å²) in [5, 5.41) is 2.11. The number of hydrogen-bond donors (Lipinski definition) is 0. The monoisotopic (exact) mass is 272 g/mol. The summed E-state index contributed by atoms with van der Waals surface area (Å²) >= 11 is 6.85. The summed E-state index contributed by atoms with van der Waals surface area (Å²) in [6, 6.07) is 0. The van der Waals surface area contributed by atoms with Crippen LogP contribution in [-0.2, 0) is 4.74 Å². The van der Waals surface area contributed by atoms with Crippen molar-refractivity contribution in [3.8, 4) is 0 Å². The van der Waals surface area contributed by atoms with Crippen molar-refractivity contribution in [2.75, 3.05) is 23.9 Å². The Balaban J connectivity index is 3.21. The zero-order valence-electron chi connectivity index (χ0n) is 6.28. The van der Waals surface area contributed by atoms with Gasteiger partial charge in [-0.3, -0.25) is 0 Å². The van der Waals surface area contributed by atoms with Crippen LogP contribution in [0.3, 0.4) is 0 Å². The van der Waals surface area contributed by atoms with Gasteiger partial charge in [-0.1, -0.05) is 31.9 Å². The van der Waals surface area contributed by atoms with E-state index in [2.05, 4.69) is 31.9 Å². The molecule has 0 spiro atoms. The van der Waals surface area contributed by atoms with Gasteiger partial charge in [-0.2, -0.15) is 0 Å². The quantitative estimate of drug-likeness (QED) is 0.677. The van der Waals surface area contributed by atoms with Gasteiger partial charge in [0, 0.05) is 17.3 Å². The van der Waals surface area contributed by atoms with Crippen LogP contribution in [0.4, 0.5) is 0 Å². The fourth-order valence-corrected chi connectivity index (χ4v) is 1.80. The zero-order valence-corrected chi connectivity index (χ0v) is 9.45. The van der Waals surface area contributed by atoms with E-state index in [4.69, 9.17) is 4.74 Å². The van der Waals surface area contributed by atoms with Gasteiger partial charge in [-0.25, -0.2) is 0 Å². The molecule has 0 heterocycles. The maximum absolute atomic E-state index is 5.29. The summed E-state index contributed by atoms with van der Waals surface area (Å²) in [5.41, 5.74) is 0. The molecule has 62 valence electrons. The van der Waals surface area contributed by atoms with Gasteiger partial charge in [0.15, 0.2) is 0 Å². The second kappa shape index (κ2) is 8.02. The van der Waals surface area contributed by atoms with Gasteiger partial charge in [-0.15, -0.1) is 0 Å². The van der Waals surface area contributed by atoms with Crippen molar-refractivity contribution in [2.45, 2.75) is 13.3 Å². The van der Waals surface area contributed by atoms with Crippen molar-refractivity contribution in [3.05, 3.63) is 0 Å². The van der Waals surface area contributed by atoms with Crippen LogP contribution < -0.4 is 0 Å². The predicted octanol–water partition coefficient (Wildman–Crippen LogP) is 2.82. The first-order valence-electron chi connectivity index (χ1n) is 3.54. The molecule has 0 aliphatic heterocycles. The third-order valence-corrected chi connectivity index (χ3v) is 2.67. The Morgan fingerprint density at radius 1 is 1.40 bits per heavy atom. The first kappa shape index (κ1) is 10.9. The lowest BCUT2D eigenvalue weighted by atomic mass is 10.1. The molecular weight excluding hydrogens is 260 g/mol. The van der Waals surface area contributed by atoms with Crippen molar-refractivity contribution in [3.63, 3.8) is 0 Å². The topological polar surface area (TPSA) is 9.23 Å². The molecule has 0 aliphatic rings. The van der Waals surface area contributed by atoms with E-state index in [-0.39, 0.29) is 0 Å². The summed E-state index contributed by atoms with van der Waals surface area (Å²) in [6.07, 6.45) is 1.19. The van der Waals surface area contributed by atoms with Crippen LogP contribution in [0, 0.1) is 5.92 Å². The van der Waals surface area contributed by atoms with Gasteiger partial charge in [0.2, 0.25) is 0 Å². The molecule has 0 radical (unpaired) electrons. The van der Waals surface area contributed by atoms with Crippen molar-refractivity contribution in [1.29, 1.82) is 0 Å². The Labute approximate surface area is 79.8 Å². The third kappa shape index (κ3) is 5.69. The molecule has 1 atom stereocenters. The molecule has 0 saturated heterocycles. The first-order chi connectivity index (χ1) is 4.85. The Kier molecular flexibility index (Phi) is 8.76. The van der Waals surface area contributed by atoms with E-state index in [1.54, 1.807) is 0 Å². The summed E-state index contributed by atoms with van der Waals surface area (Å²) in [4.78, 5) is 0. The van der Waals surface area contributed by atoms with E-state index in [1.165, 1.54) is 6.42 Å². The Bertz CT molecular complexity index is 68.6. The summed E-state index contributed by atoms with van der Waals surface area (Å²) < 4.78 is 5.29. The molecule has 0 aliphatic carbocycles. The van der Waals surface area contributed by atoms with Gasteiger partial charge >= 0.3 is 0 Å².